The topological polar surface area (TPSA) is 34.1 Å². The van der Waals surface area contributed by atoms with Crippen LogP contribution in [0, 0.1) is 34.5 Å². The molecule has 6 atom stereocenters. The molecular weight excluding hydrogens is 284 g/mol. The van der Waals surface area contributed by atoms with Gasteiger partial charge in [-0.05, 0) is 86.5 Å². The first-order valence-corrected chi connectivity index (χ1v) is 9.59. The van der Waals surface area contributed by atoms with Crippen molar-refractivity contribution < 1.29 is 9.59 Å². The maximum absolute atomic E-state index is 12.4. The van der Waals surface area contributed by atoms with Gasteiger partial charge in [0.2, 0.25) is 0 Å². The van der Waals surface area contributed by atoms with E-state index in [1.165, 1.54) is 19.3 Å². The minimum Gasteiger partial charge on any atom is -0.299 e. The van der Waals surface area contributed by atoms with Crippen molar-refractivity contribution in [3.8, 4) is 0 Å². The molecule has 0 heterocycles. The molecule has 0 bridgehead atoms. The monoisotopic (exact) mass is 314 g/mol. The van der Waals surface area contributed by atoms with Gasteiger partial charge in [-0.15, -0.1) is 0 Å². The summed E-state index contributed by atoms with van der Waals surface area (Å²) in [6, 6.07) is 0. The molecule has 0 N–H and O–H groups in total. The lowest BCUT2D eigenvalue weighted by Crippen LogP contribution is -2.52. The van der Waals surface area contributed by atoms with E-state index in [4.69, 9.17) is 0 Å². The van der Waals surface area contributed by atoms with Crippen LogP contribution < -0.4 is 0 Å². The van der Waals surface area contributed by atoms with Gasteiger partial charge in [0, 0.05) is 11.8 Å². The van der Waals surface area contributed by atoms with Crippen molar-refractivity contribution in [1.29, 1.82) is 0 Å². The number of allylic oxidation sites excluding steroid dienone is 2. The minimum absolute atomic E-state index is 0.0145. The summed E-state index contributed by atoms with van der Waals surface area (Å²) < 4.78 is 0. The Balaban J connectivity index is 1.64. The molecule has 0 unspecified atom stereocenters. The van der Waals surface area contributed by atoms with Gasteiger partial charge in [-0.3, -0.25) is 9.59 Å². The number of Topliss-reactive ketones (excluding diaryl/α,β-unsaturated/α-hetero) is 2. The standard InChI is InChI=1S/C21H30O2/c1-13(22)14-8-10-20(2)15(12-14)4-5-16-17-6-7-19(23)21(17,3)11-9-18(16)20/h8,15-18H,4-7,9-12H2,1-3H3/t15-,16-,17-,18+,20-,21-/m0/s1. The van der Waals surface area contributed by atoms with E-state index in [0.29, 0.717) is 23.0 Å². The van der Waals surface area contributed by atoms with Crippen LogP contribution in [-0.2, 0) is 9.59 Å². The number of fused-ring (bicyclic) bond motifs is 5. The van der Waals surface area contributed by atoms with Crippen LogP contribution in [0.2, 0.25) is 0 Å². The van der Waals surface area contributed by atoms with Gasteiger partial charge in [-0.2, -0.15) is 0 Å². The molecule has 2 heteroatoms. The van der Waals surface area contributed by atoms with Crippen LogP contribution in [0.4, 0.5) is 0 Å². The number of carbonyl (C=O) groups is 2. The van der Waals surface area contributed by atoms with Crippen molar-refractivity contribution in [3.05, 3.63) is 11.6 Å². The summed E-state index contributed by atoms with van der Waals surface area (Å²) in [4.78, 5) is 24.2. The molecule has 0 saturated heterocycles. The molecule has 4 aliphatic rings. The van der Waals surface area contributed by atoms with Gasteiger partial charge in [0.1, 0.15) is 5.78 Å². The molecule has 0 aromatic carbocycles. The van der Waals surface area contributed by atoms with E-state index in [0.717, 1.165) is 49.5 Å². The smallest absolute Gasteiger partial charge is 0.155 e. The van der Waals surface area contributed by atoms with Crippen LogP contribution in [0.3, 0.4) is 0 Å². The molecular formula is C21H30O2. The molecule has 126 valence electrons. The first kappa shape index (κ1) is 15.6. The van der Waals surface area contributed by atoms with Gasteiger partial charge >= 0.3 is 0 Å². The minimum atomic E-state index is -0.0145. The summed E-state index contributed by atoms with van der Waals surface area (Å²) in [5.41, 5.74) is 1.41. The highest BCUT2D eigenvalue weighted by Gasteiger charge is 2.59. The van der Waals surface area contributed by atoms with E-state index in [1.54, 1.807) is 6.92 Å². The van der Waals surface area contributed by atoms with E-state index in [-0.39, 0.29) is 11.2 Å². The van der Waals surface area contributed by atoms with Crippen LogP contribution in [0.15, 0.2) is 11.6 Å². The largest absolute Gasteiger partial charge is 0.299 e. The Morgan fingerprint density at radius 3 is 2.65 bits per heavy atom. The van der Waals surface area contributed by atoms with Crippen molar-refractivity contribution in [2.75, 3.05) is 0 Å². The van der Waals surface area contributed by atoms with E-state index < -0.39 is 0 Å². The van der Waals surface area contributed by atoms with Gasteiger partial charge in [0.25, 0.3) is 0 Å². The third-order valence-corrected chi connectivity index (χ3v) is 8.48. The maximum atomic E-state index is 12.4. The van der Waals surface area contributed by atoms with E-state index in [2.05, 4.69) is 19.9 Å². The highest BCUT2D eigenvalue weighted by molar-refractivity contribution is 5.93. The molecule has 2 nitrogen and oxygen atoms in total. The SMILES string of the molecule is CC(=O)C1=CC[C@@]2(C)[C@@H](CC[C@@H]3[C@H]2CC[C@]2(C)C(=O)CC[C@@H]32)C1. The summed E-state index contributed by atoms with van der Waals surface area (Å²) in [5, 5.41) is 0. The molecule has 3 fully saturated rings. The number of hydrogen-bond acceptors (Lipinski definition) is 2. The number of hydrogen-bond donors (Lipinski definition) is 0. The lowest BCUT2D eigenvalue weighted by atomic mass is 9.45. The fourth-order valence-electron chi connectivity index (χ4n) is 6.94. The van der Waals surface area contributed by atoms with Crippen LogP contribution >= 0.6 is 0 Å². The molecule has 0 amide bonds. The molecule has 0 aliphatic heterocycles. The van der Waals surface area contributed by atoms with Crippen molar-refractivity contribution >= 4 is 11.6 Å². The zero-order valence-corrected chi connectivity index (χ0v) is 14.9. The molecule has 4 rings (SSSR count). The molecule has 0 spiro atoms. The fraction of sp³-hybridized carbons (Fsp3) is 0.810. The molecule has 3 saturated carbocycles. The molecule has 23 heavy (non-hydrogen) atoms. The molecule has 0 radical (unpaired) electrons. The summed E-state index contributed by atoms with van der Waals surface area (Å²) in [7, 11) is 0. The van der Waals surface area contributed by atoms with Crippen molar-refractivity contribution in [2.24, 2.45) is 34.5 Å². The van der Waals surface area contributed by atoms with Crippen molar-refractivity contribution in [1.82, 2.24) is 0 Å². The van der Waals surface area contributed by atoms with E-state index >= 15 is 0 Å². The zero-order valence-electron chi connectivity index (χ0n) is 14.9. The lowest BCUT2D eigenvalue weighted by molar-refractivity contribution is -0.136. The Kier molecular flexibility index (Phi) is 3.42. The van der Waals surface area contributed by atoms with E-state index in [1.807, 2.05) is 0 Å². The number of carbonyl (C=O) groups excluding carboxylic acids is 2. The average molecular weight is 314 g/mol. The summed E-state index contributed by atoms with van der Waals surface area (Å²) in [6.45, 7) is 6.46. The number of rotatable bonds is 1. The van der Waals surface area contributed by atoms with Crippen LogP contribution in [0.5, 0.6) is 0 Å². The van der Waals surface area contributed by atoms with Crippen molar-refractivity contribution in [2.45, 2.75) is 72.1 Å². The lowest BCUT2D eigenvalue weighted by Gasteiger charge is -2.59. The zero-order chi connectivity index (χ0) is 16.4. The maximum Gasteiger partial charge on any atom is 0.155 e. The van der Waals surface area contributed by atoms with Crippen LogP contribution in [-0.4, -0.2) is 11.6 Å². The van der Waals surface area contributed by atoms with Crippen LogP contribution in [0.1, 0.15) is 72.1 Å². The Labute approximate surface area is 140 Å². The molecule has 0 aromatic rings. The van der Waals surface area contributed by atoms with Gasteiger partial charge in [-0.1, -0.05) is 19.9 Å². The molecule has 0 aromatic heterocycles. The van der Waals surface area contributed by atoms with E-state index in [9.17, 15) is 9.59 Å². The van der Waals surface area contributed by atoms with Gasteiger partial charge in [0.05, 0.1) is 0 Å². The fourth-order valence-corrected chi connectivity index (χ4v) is 6.94. The third-order valence-electron chi connectivity index (χ3n) is 8.48. The number of ketones is 2. The average Bonchev–Trinajstić information content (AvgIpc) is 2.82. The Morgan fingerprint density at radius 2 is 1.91 bits per heavy atom. The second-order valence-corrected chi connectivity index (χ2v) is 9.27. The highest BCUT2D eigenvalue weighted by Crippen LogP contribution is 2.65. The van der Waals surface area contributed by atoms with Crippen molar-refractivity contribution in [3.63, 3.8) is 0 Å². The predicted molar refractivity (Wildman–Crippen MR) is 90.9 cm³/mol. The Morgan fingerprint density at radius 1 is 1.13 bits per heavy atom. The summed E-state index contributed by atoms with van der Waals surface area (Å²) in [6.07, 6.45) is 11.1. The summed E-state index contributed by atoms with van der Waals surface area (Å²) in [5.74, 6) is 3.62. The first-order valence-electron chi connectivity index (χ1n) is 9.59. The van der Waals surface area contributed by atoms with Gasteiger partial charge < -0.3 is 0 Å². The normalized spacial score (nSPS) is 49.0. The Bertz CT molecular complexity index is 589. The quantitative estimate of drug-likeness (QED) is 0.701. The second kappa shape index (κ2) is 5.04. The predicted octanol–water partition coefficient (Wildman–Crippen LogP) is 4.72. The second-order valence-electron chi connectivity index (χ2n) is 9.27. The Hall–Kier alpha value is -0.920. The molecule has 4 aliphatic carbocycles. The van der Waals surface area contributed by atoms with Gasteiger partial charge in [-0.25, -0.2) is 0 Å². The third kappa shape index (κ3) is 2.06. The highest BCUT2D eigenvalue weighted by atomic mass is 16.1. The summed E-state index contributed by atoms with van der Waals surface area (Å²) >= 11 is 0. The van der Waals surface area contributed by atoms with Gasteiger partial charge in [0.15, 0.2) is 5.78 Å². The van der Waals surface area contributed by atoms with Crippen LogP contribution in [0.25, 0.3) is 0 Å². The first-order chi connectivity index (χ1) is 10.9.